The predicted octanol–water partition coefficient (Wildman–Crippen LogP) is 6.08. The van der Waals surface area contributed by atoms with Crippen LogP contribution in [0.2, 0.25) is 0 Å². The van der Waals surface area contributed by atoms with E-state index in [1.165, 1.54) is 22.3 Å². The fourth-order valence-electron chi connectivity index (χ4n) is 6.21. The van der Waals surface area contributed by atoms with Crippen LogP contribution >= 0.6 is 0 Å². The van der Waals surface area contributed by atoms with Crippen LogP contribution in [0.15, 0.2) is 84.9 Å². The number of nitrogens with one attached hydrogen (secondary N) is 1. The van der Waals surface area contributed by atoms with Gasteiger partial charge in [-0.1, -0.05) is 117 Å². The molecule has 1 aliphatic rings. The summed E-state index contributed by atoms with van der Waals surface area (Å²) >= 11 is 0. The summed E-state index contributed by atoms with van der Waals surface area (Å²) in [5.41, 5.74) is 4.95. The molecule has 0 saturated carbocycles. The Bertz CT molecular complexity index is 1280. The van der Waals surface area contributed by atoms with Gasteiger partial charge in [-0.3, -0.25) is 9.59 Å². The molecular formula is C38H52N4O2. The van der Waals surface area contributed by atoms with Gasteiger partial charge in [-0.05, 0) is 62.4 Å². The first-order valence-corrected chi connectivity index (χ1v) is 16.5. The predicted molar refractivity (Wildman–Crippen MR) is 180 cm³/mol. The van der Waals surface area contributed by atoms with Crippen molar-refractivity contribution in [3.63, 3.8) is 0 Å². The zero-order valence-corrected chi connectivity index (χ0v) is 27.3. The molecule has 1 fully saturated rings. The summed E-state index contributed by atoms with van der Waals surface area (Å²) in [5.74, 6) is -0.386. The zero-order valence-electron chi connectivity index (χ0n) is 27.3. The van der Waals surface area contributed by atoms with Crippen molar-refractivity contribution in [3.8, 4) is 0 Å². The second-order valence-corrected chi connectivity index (χ2v) is 12.6. The molecule has 0 aromatic heterocycles. The molecule has 2 amide bonds. The van der Waals surface area contributed by atoms with Gasteiger partial charge in [-0.2, -0.15) is 0 Å². The monoisotopic (exact) mass is 596 g/mol. The number of amides is 2. The van der Waals surface area contributed by atoms with Crippen LogP contribution in [0.1, 0.15) is 61.8 Å². The maximum Gasteiger partial charge on any atom is 0.312 e. The molecule has 1 aliphatic heterocycles. The van der Waals surface area contributed by atoms with Gasteiger partial charge in [0.2, 0.25) is 0 Å². The second kappa shape index (κ2) is 17.1. The van der Waals surface area contributed by atoms with Crippen LogP contribution in [0.3, 0.4) is 0 Å². The molecule has 0 aliphatic carbocycles. The average molecular weight is 597 g/mol. The van der Waals surface area contributed by atoms with Crippen molar-refractivity contribution >= 4 is 11.8 Å². The number of piperazine rings is 1. The highest BCUT2D eigenvalue weighted by Gasteiger charge is 2.42. The molecule has 44 heavy (non-hydrogen) atoms. The lowest BCUT2D eigenvalue weighted by molar-refractivity contribution is -0.162. The summed E-state index contributed by atoms with van der Waals surface area (Å²) in [5, 5.41) is 3.61. The van der Waals surface area contributed by atoms with Crippen LogP contribution in [0.25, 0.3) is 0 Å². The minimum absolute atomic E-state index is 0.0178. The van der Waals surface area contributed by atoms with Crippen molar-refractivity contribution in [1.29, 1.82) is 0 Å². The van der Waals surface area contributed by atoms with Crippen molar-refractivity contribution < 1.29 is 9.59 Å². The summed E-state index contributed by atoms with van der Waals surface area (Å²) in [6, 6.07) is 29.4. The van der Waals surface area contributed by atoms with E-state index in [2.05, 4.69) is 117 Å². The van der Waals surface area contributed by atoms with Gasteiger partial charge in [0.05, 0.1) is 6.04 Å². The minimum atomic E-state index is -0.346. The Balaban J connectivity index is 1.41. The molecule has 236 valence electrons. The van der Waals surface area contributed by atoms with E-state index >= 15 is 0 Å². The normalized spacial score (nSPS) is 16.9. The van der Waals surface area contributed by atoms with E-state index in [1.807, 2.05) is 15.9 Å². The number of carbonyl (C=O) groups excluding carboxylic acids is 2. The molecule has 3 aromatic rings. The first-order valence-electron chi connectivity index (χ1n) is 16.5. The van der Waals surface area contributed by atoms with Crippen molar-refractivity contribution in [2.75, 3.05) is 33.2 Å². The minimum Gasteiger partial charge on any atom is -0.329 e. The Hall–Kier alpha value is -3.48. The van der Waals surface area contributed by atoms with Gasteiger partial charge in [0.15, 0.2) is 0 Å². The maximum atomic E-state index is 13.8. The lowest BCUT2D eigenvalue weighted by Crippen LogP contribution is -2.64. The fraction of sp³-hybridized carbons (Fsp3) is 0.474. The Kier molecular flexibility index (Phi) is 13.0. The molecule has 0 radical (unpaired) electrons. The van der Waals surface area contributed by atoms with Crippen LogP contribution in [0.5, 0.6) is 0 Å². The molecule has 1 saturated heterocycles. The number of unbranched alkanes of at least 4 members (excludes halogenated alkanes) is 1. The maximum absolute atomic E-state index is 13.8. The van der Waals surface area contributed by atoms with Gasteiger partial charge >= 0.3 is 11.8 Å². The van der Waals surface area contributed by atoms with Crippen LogP contribution in [0.4, 0.5) is 0 Å². The SMILES string of the molecule is CCC(C)[C@H]1CN([C@@H](CCCCN(C)Cc2ccccc2)CNCc2ccccc2)C(=O)C(=O)N1CCc1ccc(C)cc1. The molecule has 3 aromatic carbocycles. The van der Waals surface area contributed by atoms with E-state index in [0.29, 0.717) is 25.6 Å². The van der Waals surface area contributed by atoms with E-state index < -0.39 is 0 Å². The number of nitrogens with zero attached hydrogens (tertiary/aromatic N) is 3. The lowest BCUT2D eigenvalue weighted by Gasteiger charge is -2.46. The molecule has 1 heterocycles. The quantitative estimate of drug-likeness (QED) is 0.152. The van der Waals surface area contributed by atoms with Gasteiger partial charge in [-0.15, -0.1) is 0 Å². The fourth-order valence-corrected chi connectivity index (χ4v) is 6.21. The lowest BCUT2D eigenvalue weighted by atomic mass is 9.92. The highest BCUT2D eigenvalue weighted by atomic mass is 16.2. The van der Waals surface area contributed by atoms with Gasteiger partial charge in [0, 0.05) is 38.8 Å². The number of aryl methyl sites for hydroxylation is 1. The molecule has 0 spiro atoms. The highest BCUT2D eigenvalue weighted by molar-refractivity contribution is 6.35. The third-order valence-corrected chi connectivity index (χ3v) is 9.17. The van der Waals surface area contributed by atoms with Crippen molar-refractivity contribution in [2.45, 2.75) is 78.0 Å². The van der Waals surface area contributed by atoms with Gasteiger partial charge < -0.3 is 20.0 Å². The van der Waals surface area contributed by atoms with Crippen LogP contribution in [-0.2, 0) is 29.1 Å². The Morgan fingerprint density at radius 1 is 0.864 bits per heavy atom. The van der Waals surface area contributed by atoms with Gasteiger partial charge in [0.1, 0.15) is 0 Å². The first-order chi connectivity index (χ1) is 21.4. The number of hydrogen-bond acceptors (Lipinski definition) is 4. The van der Waals surface area contributed by atoms with Crippen LogP contribution < -0.4 is 5.32 Å². The molecule has 6 nitrogen and oxygen atoms in total. The Morgan fingerprint density at radius 3 is 2.18 bits per heavy atom. The average Bonchev–Trinajstić information content (AvgIpc) is 3.04. The van der Waals surface area contributed by atoms with Crippen molar-refractivity contribution in [2.24, 2.45) is 5.92 Å². The summed E-state index contributed by atoms with van der Waals surface area (Å²) < 4.78 is 0. The first kappa shape index (κ1) is 33.4. The number of hydrogen-bond donors (Lipinski definition) is 1. The van der Waals surface area contributed by atoms with Crippen LogP contribution in [0, 0.1) is 12.8 Å². The van der Waals surface area contributed by atoms with Crippen LogP contribution in [-0.4, -0.2) is 71.8 Å². The molecular weight excluding hydrogens is 544 g/mol. The molecule has 3 atom stereocenters. The van der Waals surface area contributed by atoms with Crippen molar-refractivity contribution in [1.82, 2.24) is 20.0 Å². The number of carbonyl (C=O) groups is 2. The molecule has 4 rings (SSSR count). The number of rotatable bonds is 17. The Labute approximate surface area is 265 Å². The van der Waals surface area contributed by atoms with Gasteiger partial charge in [-0.25, -0.2) is 0 Å². The molecule has 1 N–H and O–H groups in total. The van der Waals surface area contributed by atoms with E-state index in [9.17, 15) is 9.59 Å². The third kappa shape index (κ3) is 9.76. The highest BCUT2D eigenvalue weighted by Crippen LogP contribution is 2.25. The second-order valence-electron chi connectivity index (χ2n) is 12.6. The summed E-state index contributed by atoms with van der Waals surface area (Å²) in [7, 11) is 2.17. The topological polar surface area (TPSA) is 55.9 Å². The Morgan fingerprint density at radius 2 is 1.52 bits per heavy atom. The molecule has 0 bridgehead atoms. The van der Waals surface area contributed by atoms with Crippen molar-refractivity contribution in [3.05, 3.63) is 107 Å². The van der Waals surface area contributed by atoms with E-state index in [4.69, 9.17) is 0 Å². The largest absolute Gasteiger partial charge is 0.329 e. The summed E-state index contributed by atoms with van der Waals surface area (Å²) in [4.78, 5) is 33.7. The van der Waals surface area contributed by atoms with E-state index in [0.717, 1.165) is 51.7 Å². The number of benzene rings is 3. The molecule has 1 unspecified atom stereocenters. The standard InChI is InChI=1S/C38H52N4O2/c1-5-31(3)36-29-42(38(44)37(43)41(36)25-23-32-21-19-30(2)20-22-32)35(27-39-26-33-14-8-6-9-15-33)18-12-13-24-40(4)28-34-16-10-7-11-17-34/h6-11,14-17,19-22,31,35-36,39H,5,12-13,18,23-29H2,1-4H3/t31?,35-,36+/m0/s1. The summed E-state index contributed by atoms with van der Waals surface area (Å²) in [6.07, 6.45) is 4.64. The third-order valence-electron chi connectivity index (χ3n) is 9.17. The van der Waals surface area contributed by atoms with Gasteiger partial charge in [0.25, 0.3) is 0 Å². The smallest absolute Gasteiger partial charge is 0.312 e. The summed E-state index contributed by atoms with van der Waals surface area (Å²) in [6.45, 7) is 11.0. The van der Waals surface area contributed by atoms with E-state index in [1.54, 1.807) is 0 Å². The molecule has 6 heteroatoms. The zero-order chi connectivity index (χ0) is 31.3. The van der Waals surface area contributed by atoms with E-state index in [-0.39, 0.29) is 23.9 Å².